The molecule has 1 aliphatic heterocycles. The minimum absolute atomic E-state index is 0.0923. The lowest BCUT2D eigenvalue weighted by atomic mass is 10.2. The lowest BCUT2D eigenvalue weighted by molar-refractivity contribution is -0.154. The van der Waals surface area contributed by atoms with Crippen molar-refractivity contribution in [2.45, 2.75) is 26.2 Å². The van der Waals surface area contributed by atoms with E-state index in [-0.39, 0.29) is 18.2 Å². The van der Waals surface area contributed by atoms with Gasteiger partial charge in [0.15, 0.2) is 0 Å². The van der Waals surface area contributed by atoms with Gasteiger partial charge in [-0.25, -0.2) is 9.99 Å². The third kappa shape index (κ3) is 3.95. The van der Waals surface area contributed by atoms with E-state index >= 15 is 0 Å². The van der Waals surface area contributed by atoms with Crippen molar-refractivity contribution in [2.24, 2.45) is 7.05 Å². The minimum atomic E-state index is -0.246. The molecular formula is C21H23ClN6O2. The van der Waals surface area contributed by atoms with Gasteiger partial charge in [0, 0.05) is 44.6 Å². The molecular weight excluding hydrogens is 404 g/mol. The number of aromatic nitrogens is 4. The standard InChI is InChI=1S/C21H23ClN6O2/c1-14-15(21(22)26(2)25-14)8-10-19(29)27-12-5-13-28(27)20(30)11-9-18-23-16-6-3-4-7-17(16)24-18/h3-4,6-8,10H,5,9,11-13H2,1-2H3,(H,23,24)/b10-8+. The fraction of sp³-hybridized carbons (Fsp3) is 0.333. The van der Waals surface area contributed by atoms with E-state index in [9.17, 15) is 9.59 Å². The number of benzene rings is 1. The van der Waals surface area contributed by atoms with Crippen molar-refractivity contribution < 1.29 is 9.59 Å². The van der Waals surface area contributed by atoms with Crippen molar-refractivity contribution in [3.63, 3.8) is 0 Å². The maximum absolute atomic E-state index is 12.8. The molecule has 0 unspecified atom stereocenters. The van der Waals surface area contributed by atoms with Gasteiger partial charge < -0.3 is 4.98 Å². The van der Waals surface area contributed by atoms with Crippen molar-refractivity contribution >= 4 is 40.5 Å². The van der Waals surface area contributed by atoms with E-state index in [1.165, 1.54) is 16.1 Å². The summed E-state index contributed by atoms with van der Waals surface area (Å²) in [6.07, 6.45) is 4.62. The van der Waals surface area contributed by atoms with Crippen LogP contribution in [0.4, 0.5) is 0 Å². The molecule has 1 aliphatic rings. The maximum Gasteiger partial charge on any atom is 0.265 e. The first kappa shape index (κ1) is 20.2. The summed E-state index contributed by atoms with van der Waals surface area (Å²) in [4.78, 5) is 33.2. The number of nitrogens with zero attached hydrogens (tertiary/aromatic N) is 5. The van der Waals surface area contributed by atoms with Crippen LogP contribution in [-0.2, 0) is 23.1 Å². The molecule has 9 heteroatoms. The van der Waals surface area contributed by atoms with Gasteiger partial charge in [0.05, 0.1) is 16.7 Å². The van der Waals surface area contributed by atoms with Crippen LogP contribution < -0.4 is 0 Å². The Labute approximate surface area is 179 Å². The summed E-state index contributed by atoms with van der Waals surface area (Å²) >= 11 is 6.22. The van der Waals surface area contributed by atoms with E-state index in [1.54, 1.807) is 17.8 Å². The molecule has 0 bridgehead atoms. The average Bonchev–Trinajstić information content (AvgIpc) is 3.43. The average molecular weight is 427 g/mol. The van der Waals surface area contributed by atoms with E-state index in [0.29, 0.717) is 30.2 Å². The third-order valence-corrected chi connectivity index (χ3v) is 5.62. The van der Waals surface area contributed by atoms with E-state index in [1.807, 2.05) is 31.2 Å². The Bertz CT molecular complexity index is 1100. The molecule has 8 nitrogen and oxygen atoms in total. The smallest absolute Gasteiger partial charge is 0.265 e. The van der Waals surface area contributed by atoms with Gasteiger partial charge in [-0.15, -0.1) is 0 Å². The molecule has 4 rings (SSSR count). The topological polar surface area (TPSA) is 87.1 Å². The number of aryl methyl sites for hydroxylation is 3. The lowest BCUT2D eigenvalue weighted by Crippen LogP contribution is -2.44. The largest absolute Gasteiger partial charge is 0.342 e. The number of hydrogen-bond donors (Lipinski definition) is 1. The lowest BCUT2D eigenvalue weighted by Gasteiger charge is -2.26. The van der Waals surface area contributed by atoms with Gasteiger partial charge in [-0.1, -0.05) is 23.7 Å². The normalized spacial score (nSPS) is 14.4. The molecule has 0 saturated carbocycles. The highest BCUT2D eigenvalue weighted by atomic mass is 35.5. The molecule has 1 aromatic carbocycles. The second kappa shape index (κ2) is 8.31. The predicted molar refractivity (Wildman–Crippen MR) is 114 cm³/mol. The molecule has 2 aromatic heterocycles. The van der Waals surface area contributed by atoms with Crippen LogP contribution in [0.1, 0.15) is 29.9 Å². The monoisotopic (exact) mass is 426 g/mol. The van der Waals surface area contributed by atoms with Crippen LogP contribution in [0.5, 0.6) is 0 Å². The summed E-state index contributed by atoms with van der Waals surface area (Å²) in [5.41, 5.74) is 3.28. The van der Waals surface area contributed by atoms with Gasteiger partial charge >= 0.3 is 0 Å². The number of hydrogen-bond acceptors (Lipinski definition) is 4. The van der Waals surface area contributed by atoms with E-state index in [0.717, 1.165) is 29.0 Å². The maximum atomic E-state index is 12.8. The molecule has 156 valence electrons. The van der Waals surface area contributed by atoms with Crippen molar-refractivity contribution in [1.29, 1.82) is 0 Å². The van der Waals surface area contributed by atoms with Crippen LogP contribution in [-0.4, -0.2) is 54.7 Å². The summed E-state index contributed by atoms with van der Waals surface area (Å²) in [6.45, 7) is 2.88. The van der Waals surface area contributed by atoms with Crippen LogP contribution in [0, 0.1) is 6.92 Å². The molecule has 1 saturated heterocycles. The van der Waals surface area contributed by atoms with Gasteiger partial charge in [-0.2, -0.15) is 5.10 Å². The fourth-order valence-corrected chi connectivity index (χ4v) is 3.89. The summed E-state index contributed by atoms with van der Waals surface area (Å²) in [5.74, 6) is 0.428. The van der Waals surface area contributed by atoms with Crippen molar-refractivity contribution in [1.82, 2.24) is 29.8 Å². The zero-order valence-corrected chi connectivity index (χ0v) is 17.7. The third-order valence-electron chi connectivity index (χ3n) is 5.18. The number of nitrogens with one attached hydrogen (secondary N) is 1. The van der Waals surface area contributed by atoms with Gasteiger partial charge in [0.1, 0.15) is 11.0 Å². The zero-order chi connectivity index (χ0) is 21.3. The number of halogens is 1. The van der Waals surface area contributed by atoms with Gasteiger partial charge in [-0.05, 0) is 31.6 Å². The summed E-state index contributed by atoms with van der Waals surface area (Å²) in [7, 11) is 1.75. The minimum Gasteiger partial charge on any atom is -0.342 e. The first-order valence-electron chi connectivity index (χ1n) is 9.86. The SMILES string of the molecule is Cc1nn(C)c(Cl)c1/C=C/C(=O)N1CCCN1C(=O)CCc1nc2ccccc2[nH]1. The zero-order valence-electron chi connectivity index (χ0n) is 16.9. The number of imidazole rings is 1. The molecule has 0 radical (unpaired) electrons. The Morgan fingerprint density at radius 2 is 2.00 bits per heavy atom. The molecule has 2 amide bonds. The summed E-state index contributed by atoms with van der Waals surface area (Å²) in [5, 5.41) is 7.73. The van der Waals surface area contributed by atoms with Crippen molar-refractivity contribution in [3.05, 3.63) is 52.6 Å². The number of rotatable bonds is 5. The predicted octanol–water partition coefficient (Wildman–Crippen LogP) is 2.88. The first-order valence-corrected chi connectivity index (χ1v) is 10.2. The van der Waals surface area contributed by atoms with Crippen molar-refractivity contribution in [2.75, 3.05) is 13.1 Å². The van der Waals surface area contributed by atoms with Crippen LogP contribution in [0.2, 0.25) is 5.15 Å². The molecule has 30 heavy (non-hydrogen) atoms. The van der Waals surface area contributed by atoms with Gasteiger partial charge in [-0.3, -0.25) is 19.3 Å². The number of para-hydroxylation sites is 2. The van der Waals surface area contributed by atoms with Crippen LogP contribution in [0.15, 0.2) is 30.3 Å². The fourth-order valence-electron chi connectivity index (χ4n) is 3.65. The highest BCUT2D eigenvalue weighted by Gasteiger charge is 2.29. The Morgan fingerprint density at radius 3 is 2.73 bits per heavy atom. The van der Waals surface area contributed by atoms with Crippen molar-refractivity contribution in [3.8, 4) is 0 Å². The Morgan fingerprint density at radius 1 is 1.23 bits per heavy atom. The summed E-state index contributed by atoms with van der Waals surface area (Å²) in [6, 6.07) is 7.76. The number of carbonyl (C=O) groups is 2. The molecule has 1 fully saturated rings. The molecule has 3 aromatic rings. The molecule has 0 atom stereocenters. The van der Waals surface area contributed by atoms with E-state index in [4.69, 9.17) is 11.6 Å². The van der Waals surface area contributed by atoms with E-state index in [2.05, 4.69) is 15.1 Å². The summed E-state index contributed by atoms with van der Waals surface area (Å²) < 4.78 is 1.56. The van der Waals surface area contributed by atoms with Crippen LogP contribution >= 0.6 is 11.6 Å². The second-order valence-corrected chi connectivity index (χ2v) is 7.64. The molecule has 0 aliphatic carbocycles. The second-order valence-electron chi connectivity index (χ2n) is 7.28. The van der Waals surface area contributed by atoms with E-state index < -0.39 is 0 Å². The quantitative estimate of drug-likeness (QED) is 0.635. The number of H-pyrrole nitrogens is 1. The number of aromatic amines is 1. The number of amides is 2. The number of carbonyl (C=O) groups excluding carboxylic acids is 2. The Hall–Kier alpha value is -3.13. The van der Waals surface area contributed by atoms with Crippen LogP contribution in [0.3, 0.4) is 0 Å². The molecule has 0 spiro atoms. The molecule has 3 heterocycles. The highest BCUT2D eigenvalue weighted by Crippen LogP contribution is 2.21. The van der Waals surface area contributed by atoms with Gasteiger partial charge in [0.25, 0.3) is 5.91 Å². The number of fused-ring (bicyclic) bond motifs is 1. The molecule has 1 N–H and O–H groups in total. The van der Waals surface area contributed by atoms with Crippen LogP contribution in [0.25, 0.3) is 17.1 Å². The Balaban J connectivity index is 1.40. The van der Waals surface area contributed by atoms with Gasteiger partial charge in [0.2, 0.25) is 5.91 Å². The first-order chi connectivity index (χ1) is 14.4. The number of hydrazine groups is 1. The highest BCUT2D eigenvalue weighted by molar-refractivity contribution is 6.31. The Kier molecular flexibility index (Phi) is 5.59.